The van der Waals surface area contributed by atoms with Crippen LogP contribution in [0.25, 0.3) is 0 Å². The number of nitrogens with one attached hydrogen (secondary N) is 2. The lowest BCUT2D eigenvalue weighted by molar-refractivity contribution is 0.601. The van der Waals surface area contributed by atoms with Crippen molar-refractivity contribution < 1.29 is 8.42 Å². The summed E-state index contributed by atoms with van der Waals surface area (Å²) < 4.78 is 28.4. The van der Waals surface area contributed by atoms with Gasteiger partial charge in [0, 0.05) is 26.0 Å². The van der Waals surface area contributed by atoms with Crippen LogP contribution in [0.5, 0.6) is 0 Å². The summed E-state index contributed by atoms with van der Waals surface area (Å²) in [7, 11) is -2.04. The van der Waals surface area contributed by atoms with Gasteiger partial charge in [0.05, 0.1) is 16.9 Å². The van der Waals surface area contributed by atoms with Gasteiger partial charge in [-0.25, -0.2) is 13.4 Å². The number of pyridine rings is 1. The lowest BCUT2D eigenvalue weighted by Crippen LogP contribution is -2.13. The van der Waals surface area contributed by atoms with Crippen LogP contribution in [0.15, 0.2) is 29.6 Å². The zero-order valence-corrected chi connectivity index (χ0v) is 13.2. The summed E-state index contributed by atoms with van der Waals surface area (Å²) in [5.74, 6) is 0.471. The molecule has 7 nitrogen and oxygen atoms in total. The second-order valence-electron chi connectivity index (χ2n) is 4.44. The summed E-state index contributed by atoms with van der Waals surface area (Å²) >= 11 is 6.04. The standard InChI is InChI=1S/C12H16ClN5O2S/c1-3-4-14-12-11(13)5-10(7-15-12)21(19,20)17-9-6-16-18(2)8-9/h5-8,17H,3-4H2,1-2H3,(H,14,15). The molecule has 2 heterocycles. The maximum Gasteiger partial charge on any atom is 0.263 e. The van der Waals surface area contributed by atoms with Crippen molar-refractivity contribution in [2.45, 2.75) is 18.2 Å². The number of hydrogen-bond acceptors (Lipinski definition) is 5. The van der Waals surface area contributed by atoms with Crippen LogP contribution in [-0.4, -0.2) is 29.7 Å². The monoisotopic (exact) mass is 329 g/mol. The molecule has 0 atom stereocenters. The van der Waals surface area contributed by atoms with Gasteiger partial charge in [-0.3, -0.25) is 9.40 Å². The molecule has 0 saturated carbocycles. The molecule has 0 aliphatic rings. The second kappa shape index (κ2) is 6.31. The molecule has 114 valence electrons. The van der Waals surface area contributed by atoms with Gasteiger partial charge in [0.25, 0.3) is 10.0 Å². The topological polar surface area (TPSA) is 88.9 Å². The molecule has 9 heteroatoms. The Morgan fingerprint density at radius 3 is 2.71 bits per heavy atom. The van der Waals surface area contributed by atoms with E-state index in [-0.39, 0.29) is 9.92 Å². The van der Waals surface area contributed by atoms with E-state index in [9.17, 15) is 8.42 Å². The Kier molecular flexibility index (Phi) is 4.69. The molecule has 0 amide bonds. The van der Waals surface area contributed by atoms with E-state index in [0.717, 1.165) is 6.42 Å². The molecule has 0 aromatic carbocycles. The Labute approximate surface area is 128 Å². The van der Waals surface area contributed by atoms with Gasteiger partial charge in [-0.2, -0.15) is 5.10 Å². The van der Waals surface area contributed by atoms with Gasteiger partial charge in [0.15, 0.2) is 0 Å². The van der Waals surface area contributed by atoms with Crippen LogP contribution in [0, 0.1) is 0 Å². The fourth-order valence-corrected chi connectivity index (χ4v) is 2.92. The number of aromatic nitrogens is 3. The third kappa shape index (κ3) is 3.85. The van der Waals surface area contributed by atoms with E-state index < -0.39 is 10.0 Å². The van der Waals surface area contributed by atoms with Crippen molar-refractivity contribution in [2.75, 3.05) is 16.6 Å². The molecular weight excluding hydrogens is 314 g/mol. The normalized spacial score (nSPS) is 11.4. The Morgan fingerprint density at radius 1 is 1.38 bits per heavy atom. The first-order chi connectivity index (χ1) is 9.92. The molecule has 0 unspecified atom stereocenters. The lowest BCUT2D eigenvalue weighted by Gasteiger charge is -2.09. The first-order valence-electron chi connectivity index (χ1n) is 6.33. The highest BCUT2D eigenvalue weighted by molar-refractivity contribution is 7.92. The van der Waals surface area contributed by atoms with Crippen LogP contribution in [0.1, 0.15) is 13.3 Å². The van der Waals surface area contributed by atoms with Crippen molar-refractivity contribution in [3.63, 3.8) is 0 Å². The van der Waals surface area contributed by atoms with Crippen LogP contribution in [0.3, 0.4) is 0 Å². The number of hydrogen-bond donors (Lipinski definition) is 2. The van der Waals surface area contributed by atoms with Gasteiger partial charge < -0.3 is 5.32 Å². The molecule has 0 bridgehead atoms. The summed E-state index contributed by atoms with van der Waals surface area (Å²) in [6.07, 6.45) is 5.16. The highest BCUT2D eigenvalue weighted by atomic mass is 35.5. The molecule has 0 spiro atoms. The van der Waals surface area contributed by atoms with Crippen molar-refractivity contribution in [1.82, 2.24) is 14.8 Å². The van der Waals surface area contributed by atoms with E-state index in [1.807, 2.05) is 6.92 Å². The van der Waals surface area contributed by atoms with E-state index in [1.54, 1.807) is 13.2 Å². The number of anilines is 2. The van der Waals surface area contributed by atoms with Crippen molar-refractivity contribution in [2.24, 2.45) is 7.05 Å². The fourth-order valence-electron chi connectivity index (χ4n) is 1.63. The largest absolute Gasteiger partial charge is 0.369 e. The first-order valence-corrected chi connectivity index (χ1v) is 8.19. The second-order valence-corrected chi connectivity index (χ2v) is 6.53. The Morgan fingerprint density at radius 2 is 2.14 bits per heavy atom. The lowest BCUT2D eigenvalue weighted by atomic mass is 10.4. The Hall–Kier alpha value is -1.80. The highest BCUT2D eigenvalue weighted by Gasteiger charge is 2.17. The number of rotatable bonds is 6. The zero-order valence-electron chi connectivity index (χ0n) is 11.7. The van der Waals surface area contributed by atoms with Crippen molar-refractivity contribution in [3.05, 3.63) is 29.7 Å². The molecule has 0 aliphatic heterocycles. The van der Waals surface area contributed by atoms with Crippen LogP contribution >= 0.6 is 11.6 Å². The number of aryl methyl sites for hydroxylation is 1. The summed E-state index contributed by atoms with van der Waals surface area (Å²) in [5, 5.41) is 7.18. The van der Waals surface area contributed by atoms with Crippen LogP contribution in [0.4, 0.5) is 11.5 Å². The van der Waals surface area contributed by atoms with E-state index in [1.165, 1.54) is 23.1 Å². The molecule has 0 fully saturated rings. The average Bonchev–Trinajstić information content (AvgIpc) is 2.82. The molecule has 2 aromatic heterocycles. The Balaban J connectivity index is 2.22. The van der Waals surface area contributed by atoms with E-state index in [4.69, 9.17) is 11.6 Å². The third-order valence-corrected chi connectivity index (χ3v) is 4.26. The minimum Gasteiger partial charge on any atom is -0.369 e. The van der Waals surface area contributed by atoms with Gasteiger partial charge in [-0.05, 0) is 12.5 Å². The van der Waals surface area contributed by atoms with E-state index >= 15 is 0 Å². The number of nitrogens with zero attached hydrogens (tertiary/aromatic N) is 3. The van der Waals surface area contributed by atoms with Gasteiger partial charge in [0.1, 0.15) is 10.7 Å². The molecule has 21 heavy (non-hydrogen) atoms. The van der Waals surface area contributed by atoms with Gasteiger partial charge >= 0.3 is 0 Å². The van der Waals surface area contributed by atoms with E-state index in [2.05, 4.69) is 20.1 Å². The number of halogens is 1. The van der Waals surface area contributed by atoms with Gasteiger partial charge in [-0.1, -0.05) is 18.5 Å². The minimum atomic E-state index is -3.74. The quantitative estimate of drug-likeness (QED) is 0.847. The first kappa shape index (κ1) is 15.6. The molecule has 2 aromatic rings. The number of sulfonamides is 1. The zero-order chi connectivity index (χ0) is 15.5. The van der Waals surface area contributed by atoms with E-state index in [0.29, 0.717) is 18.1 Å². The average molecular weight is 330 g/mol. The Bertz CT molecular complexity index is 729. The molecule has 2 rings (SSSR count). The third-order valence-electron chi connectivity index (χ3n) is 2.63. The van der Waals surface area contributed by atoms with Crippen molar-refractivity contribution in [1.29, 1.82) is 0 Å². The summed E-state index contributed by atoms with van der Waals surface area (Å²) in [6, 6.07) is 1.37. The van der Waals surface area contributed by atoms with Crippen LogP contribution in [-0.2, 0) is 17.1 Å². The maximum absolute atomic E-state index is 12.2. The molecule has 2 N–H and O–H groups in total. The fraction of sp³-hybridized carbons (Fsp3) is 0.333. The smallest absolute Gasteiger partial charge is 0.263 e. The van der Waals surface area contributed by atoms with Crippen LogP contribution in [0.2, 0.25) is 5.02 Å². The predicted octanol–water partition coefficient (Wildman–Crippen LogP) is 2.09. The molecule has 0 radical (unpaired) electrons. The van der Waals surface area contributed by atoms with Crippen molar-refractivity contribution >= 4 is 33.1 Å². The minimum absolute atomic E-state index is 0.00148. The highest BCUT2D eigenvalue weighted by Crippen LogP contribution is 2.23. The molecule has 0 aliphatic carbocycles. The molecular formula is C12H16ClN5O2S. The summed E-state index contributed by atoms with van der Waals surface area (Å²) in [6.45, 7) is 2.73. The predicted molar refractivity (Wildman–Crippen MR) is 82.0 cm³/mol. The van der Waals surface area contributed by atoms with Gasteiger partial charge in [-0.15, -0.1) is 0 Å². The van der Waals surface area contributed by atoms with Crippen molar-refractivity contribution in [3.8, 4) is 0 Å². The SMILES string of the molecule is CCCNc1ncc(S(=O)(=O)Nc2cnn(C)c2)cc1Cl. The van der Waals surface area contributed by atoms with Crippen LogP contribution < -0.4 is 10.0 Å². The maximum atomic E-state index is 12.2. The summed E-state index contributed by atoms with van der Waals surface area (Å²) in [5.41, 5.74) is 0.377. The van der Waals surface area contributed by atoms with Gasteiger partial charge in [0.2, 0.25) is 0 Å². The summed E-state index contributed by atoms with van der Waals surface area (Å²) in [4.78, 5) is 4.04. The molecule has 0 saturated heterocycles.